The fourth-order valence-corrected chi connectivity index (χ4v) is 6.30. The second-order valence-electron chi connectivity index (χ2n) is 11.5. The number of fused-ring (bicyclic) bond motifs is 1. The van der Waals surface area contributed by atoms with Crippen molar-refractivity contribution in [3.63, 3.8) is 0 Å². The van der Waals surface area contributed by atoms with Gasteiger partial charge in [0.15, 0.2) is 5.78 Å². The molecule has 6 rings (SSSR count). The van der Waals surface area contributed by atoms with E-state index in [1.807, 2.05) is 69.7 Å². The lowest BCUT2D eigenvalue weighted by molar-refractivity contribution is 0.101. The number of nitrogens with zero attached hydrogens (tertiary/aromatic N) is 5. The van der Waals surface area contributed by atoms with E-state index in [-0.39, 0.29) is 23.5 Å². The molecule has 2 heterocycles. The number of hydrogen-bond acceptors (Lipinski definition) is 6. The van der Waals surface area contributed by atoms with Crippen molar-refractivity contribution in [1.29, 1.82) is 5.26 Å². The van der Waals surface area contributed by atoms with Crippen LogP contribution in [0, 0.1) is 11.3 Å². The average Bonchev–Trinajstić information content (AvgIpc) is 3.53. The van der Waals surface area contributed by atoms with Crippen LogP contribution in [0.2, 0.25) is 0 Å². The Bertz CT molecular complexity index is 1890. The van der Waals surface area contributed by atoms with Gasteiger partial charge in [-0.3, -0.25) is 14.2 Å². The van der Waals surface area contributed by atoms with Gasteiger partial charge in [-0.1, -0.05) is 55.8 Å². The maximum Gasteiger partial charge on any atom is 0.259 e. The summed E-state index contributed by atoms with van der Waals surface area (Å²) in [5.41, 5.74) is 5.85. The van der Waals surface area contributed by atoms with Crippen LogP contribution in [0.1, 0.15) is 84.7 Å². The van der Waals surface area contributed by atoms with Crippen LogP contribution in [0.25, 0.3) is 16.9 Å². The molecule has 0 bridgehead atoms. The molecule has 0 spiro atoms. The molecule has 0 radical (unpaired) electrons. The van der Waals surface area contributed by atoms with Gasteiger partial charge >= 0.3 is 0 Å². The van der Waals surface area contributed by atoms with Gasteiger partial charge in [-0.2, -0.15) is 15.3 Å². The molecule has 0 unspecified atom stereocenters. The summed E-state index contributed by atoms with van der Waals surface area (Å²) in [6.07, 6.45) is 6.87. The van der Waals surface area contributed by atoms with Crippen LogP contribution in [0.5, 0.6) is 5.75 Å². The van der Waals surface area contributed by atoms with Crippen molar-refractivity contribution < 1.29 is 9.53 Å². The van der Waals surface area contributed by atoms with E-state index in [0.29, 0.717) is 23.3 Å². The van der Waals surface area contributed by atoms with Crippen molar-refractivity contribution in [3.05, 3.63) is 117 Å². The quantitative estimate of drug-likeness (QED) is 0.178. The topological polar surface area (TPSA) is 102 Å². The van der Waals surface area contributed by atoms with E-state index in [1.54, 1.807) is 19.1 Å². The van der Waals surface area contributed by atoms with Crippen molar-refractivity contribution in [2.24, 2.45) is 0 Å². The lowest BCUT2D eigenvalue weighted by Crippen LogP contribution is -2.35. The van der Waals surface area contributed by atoms with Gasteiger partial charge in [0, 0.05) is 23.6 Å². The van der Waals surface area contributed by atoms with Crippen LogP contribution in [-0.2, 0) is 12.8 Å². The van der Waals surface area contributed by atoms with E-state index in [0.717, 1.165) is 72.2 Å². The molecule has 222 valence electrons. The Morgan fingerprint density at radius 2 is 1.73 bits per heavy atom. The first-order chi connectivity index (χ1) is 21.5. The largest absolute Gasteiger partial charge is 0.490 e. The summed E-state index contributed by atoms with van der Waals surface area (Å²) in [5.74, 6) is 1.38. The minimum atomic E-state index is -0.00609. The summed E-state index contributed by atoms with van der Waals surface area (Å²) in [4.78, 5) is 30.4. The molecule has 0 atom stereocenters. The zero-order valence-electron chi connectivity index (χ0n) is 25.1. The second-order valence-corrected chi connectivity index (χ2v) is 11.5. The molecular formula is C36H35N5O3. The van der Waals surface area contributed by atoms with E-state index in [1.165, 1.54) is 6.33 Å². The van der Waals surface area contributed by atoms with Gasteiger partial charge in [-0.05, 0) is 86.1 Å². The second kappa shape index (κ2) is 12.7. The third-order valence-electron chi connectivity index (χ3n) is 8.58. The molecule has 8 heteroatoms. The van der Waals surface area contributed by atoms with Crippen molar-refractivity contribution >= 4 is 11.6 Å². The third kappa shape index (κ3) is 5.78. The van der Waals surface area contributed by atoms with E-state index in [4.69, 9.17) is 4.74 Å². The summed E-state index contributed by atoms with van der Waals surface area (Å²) in [6.45, 7) is 3.66. The lowest BCUT2D eigenvalue weighted by Gasteiger charge is -2.31. The highest BCUT2D eigenvalue weighted by Gasteiger charge is 2.28. The summed E-state index contributed by atoms with van der Waals surface area (Å²) < 4.78 is 9.95. The molecule has 2 aromatic heterocycles. The maximum absolute atomic E-state index is 14.3. The number of carbonyl (C=O) groups is 1. The highest BCUT2D eigenvalue weighted by molar-refractivity contribution is 5.94. The lowest BCUT2D eigenvalue weighted by atomic mass is 9.92. The summed E-state index contributed by atoms with van der Waals surface area (Å²) in [5, 5.41) is 14.1. The van der Waals surface area contributed by atoms with Gasteiger partial charge in [0.25, 0.3) is 5.56 Å². The van der Waals surface area contributed by atoms with Gasteiger partial charge in [0.2, 0.25) is 5.78 Å². The Labute approximate surface area is 256 Å². The molecule has 1 saturated carbocycles. The predicted molar refractivity (Wildman–Crippen MR) is 169 cm³/mol. The highest BCUT2D eigenvalue weighted by atomic mass is 16.5. The monoisotopic (exact) mass is 585 g/mol. The number of Topliss-reactive ketones (excluding diaryl/α,β-unsaturated/α-hetero) is 1. The van der Waals surface area contributed by atoms with Gasteiger partial charge in [0.1, 0.15) is 12.1 Å². The Morgan fingerprint density at radius 1 is 1.00 bits per heavy atom. The number of nitriles is 1. The molecule has 0 aliphatic heterocycles. The minimum absolute atomic E-state index is 0.00274. The normalized spacial score (nSPS) is 16.5. The fourth-order valence-electron chi connectivity index (χ4n) is 6.30. The molecule has 0 N–H and O–H groups in total. The maximum atomic E-state index is 14.3. The molecule has 3 aromatic carbocycles. The highest BCUT2D eigenvalue weighted by Crippen LogP contribution is 2.32. The smallest absolute Gasteiger partial charge is 0.259 e. The van der Waals surface area contributed by atoms with Crippen LogP contribution >= 0.6 is 0 Å². The Balaban J connectivity index is 1.26. The van der Waals surface area contributed by atoms with E-state index in [2.05, 4.69) is 23.1 Å². The Morgan fingerprint density at radius 3 is 2.41 bits per heavy atom. The molecule has 0 saturated heterocycles. The van der Waals surface area contributed by atoms with Crippen LogP contribution in [0.15, 0.2) is 83.9 Å². The van der Waals surface area contributed by atoms with Gasteiger partial charge in [-0.15, -0.1) is 0 Å². The first kappa shape index (κ1) is 29.1. The van der Waals surface area contributed by atoms with Gasteiger partial charge in [0.05, 0.1) is 23.4 Å². The zero-order valence-corrected chi connectivity index (χ0v) is 25.1. The number of hydrogen-bond donors (Lipinski definition) is 0. The third-order valence-corrected chi connectivity index (χ3v) is 8.58. The van der Waals surface area contributed by atoms with Crippen molar-refractivity contribution in [3.8, 4) is 22.9 Å². The SMILES string of the molecule is CCCc1c(Cc2ccc(-c3ccccc3C#N)cc2)c(=O)n(C2CCC(Oc3ccc(C(C)=O)cc3)CC2)c2ncnn12. The van der Waals surface area contributed by atoms with Crippen LogP contribution in [-0.4, -0.2) is 31.1 Å². The molecular weight excluding hydrogens is 550 g/mol. The van der Waals surface area contributed by atoms with E-state index < -0.39 is 0 Å². The van der Waals surface area contributed by atoms with E-state index in [9.17, 15) is 14.9 Å². The van der Waals surface area contributed by atoms with Gasteiger partial charge in [-0.25, -0.2) is 4.52 Å². The zero-order chi connectivity index (χ0) is 30.6. The molecule has 8 nitrogen and oxygen atoms in total. The molecule has 44 heavy (non-hydrogen) atoms. The summed E-state index contributed by atoms with van der Waals surface area (Å²) in [6, 6.07) is 25.2. The number of benzene rings is 3. The average molecular weight is 586 g/mol. The van der Waals surface area contributed by atoms with Crippen molar-refractivity contribution in [2.45, 2.75) is 70.9 Å². The number of ketones is 1. The summed E-state index contributed by atoms with van der Waals surface area (Å²) in [7, 11) is 0. The standard InChI is InChI=1S/C36H35N5O3/c1-3-6-34-33(21-25-9-11-27(12-10-25)32-8-5-4-7-28(32)22-37)35(43)40(36-38-23-39-41(34)36)29-15-19-31(20-16-29)44-30-17-13-26(14-18-30)24(2)42/h4-5,7-14,17-18,23,29,31H,3,6,15-16,19-21H2,1-2H3. The minimum Gasteiger partial charge on any atom is -0.490 e. The predicted octanol–water partition coefficient (Wildman–Crippen LogP) is 6.74. The first-order valence-corrected chi connectivity index (χ1v) is 15.3. The number of aromatic nitrogens is 4. The number of carbonyl (C=O) groups excluding carboxylic acids is 1. The molecule has 1 aliphatic carbocycles. The fraction of sp³-hybridized carbons (Fsp3) is 0.306. The van der Waals surface area contributed by atoms with Gasteiger partial charge < -0.3 is 4.74 Å². The van der Waals surface area contributed by atoms with Crippen molar-refractivity contribution in [1.82, 2.24) is 19.2 Å². The molecule has 5 aromatic rings. The van der Waals surface area contributed by atoms with E-state index >= 15 is 0 Å². The Kier molecular flexibility index (Phi) is 8.38. The summed E-state index contributed by atoms with van der Waals surface area (Å²) >= 11 is 0. The number of aryl methyl sites for hydroxylation is 1. The van der Waals surface area contributed by atoms with Crippen molar-refractivity contribution in [2.75, 3.05) is 0 Å². The molecule has 1 fully saturated rings. The van der Waals surface area contributed by atoms with Crippen LogP contribution in [0.3, 0.4) is 0 Å². The Hall–Kier alpha value is -5.03. The molecule has 1 aliphatic rings. The number of ether oxygens (including phenoxy) is 1. The molecule has 0 amide bonds. The number of rotatable bonds is 9. The first-order valence-electron chi connectivity index (χ1n) is 15.3. The van der Waals surface area contributed by atoms with Crippen LogP contribution < -0.4 is 10.3 Å². The van der Waals surface area contributed by atoms with Crippen LogP contribution in [0.4, 0.5) is 0 Å².